The molecular weight excluding hydrogens is 356 g/mol. The van der Waals surface area contributed by atoms with E-state index >= 15 is 0 Å². The van der Waals surface area contributed by atoms with Crippen molar-refractivity contribution in [2.75, 3.05) is 26.7 Å². The fourth-order valence-electron chi connectivity index (χ4n) is 3.39. The van der Waals surface area contributed by atoms with Crippen LogP contribution in [-0.4, -0.2) is 53.1 Å². The summed E-state index contributed by atoms with van der Waals surface area (Å²) in [5.41, 5.74) is 0.951. The Morgan fingerprint density at radius 1 is 1.26 bits per heavy atom. The molecule has 8 heteroatoms. The van der Waals surface area contributed by atoms with Gasteiger partial charge in [-0.3, -0.25) is 9.69 Å². The third kappa shape index (κ3) is 3.65. The lowest BCUT2D eigenvalue weighted by Crippen LogP contribution is -2.48. The zero-order chi connectivity index (χ0) is 19.6. The second-order valence-electron chi connectivity index (χ2n) is 6.27. The molecule has 3 rings (SSSR count). The largest absolute Gasteiger partial charge is 0.453 e. The van der Waals surface area contributed by atoms with Crippen LogP contribution in [-0.2, 0) is 16.1 Å². The number of benzene rings is 1. The SMILES string of the molecule is CCN(CC(=O)N1CCn2cccc2[C@@H]1c1ccc(F)cc1F)C(=O)OC. The van der Waals surface area contributed by atoms with E-state index in [0.717, 1.165) is 11.8 Å². The van der Waals surface area contributed by atoms with Gasteiger partial charge in [0.15, 0.2) is 0 Å². The molecule has 1 aliphatic rings. The molecule has 0 fully saturated rings. The first-order valence-corrected chi connectivity index (χ1v) is 8.68. The highest BCUT2D eigenvalue weighted by Gasteiger charge is 2.34. The Morgan fingerprint density at radius 2 is 2.04 bits per heavy atom. The first kappa shape index (κ1) is 18.9. The second-order valence-corrected chi connectivity index (χ2v) is 6.27. The molecule has 0 spiro atoms. The molecule has 1 atom stereocenters. The highest BCUT2D eigenvalue weighted by molar-refractivity contribution is 5.83. The zero-order valence-electron chi connectivity index (χ0n) is 15.2. The standard InChI is InChI=1S/C19H21F2N3O3/c1-3-22(19(26)27-2)12-17(25)24-10-9-23-8-4-5-16(23)18(24)14-7-6-13(20)11-15(14)21/h4-8,11,18H,3,9-10,12H2,1-2H3/t18-/m0/s1. The van der Waals surface area contributed by atoms with E-state index in [0.29, 0.717) is 19.6 Å². The number of carbonyl (C=O) groups is 2. The number of likely N-dealkylation sites (N-methyl/N-ethyl adjacent to an activating group) is 1. The van der Waals surface area contributed by atoms with Gasteiger partial charge >= 0.3 is 6.09 Å². The van der Waals surface area contributed by atoms with Crippen molar-refractivity contribution in [1.82, 2.24) is 14.4 Å². The summed E-state index contributed by atoms with van der Waals surface area (Å²) in [6.07, 6.45) is 1.26. The number of hydrogen-bond acceptors (Lipinski definition) is 3. The summed E-state index contributed by atoms with van der Waals surface area (Å²) in [5.74, 6) is -1.72. The number of carbonyl (C=O) groups excluding carboxylic acids is 2. The molecule has 0 radical (unpaired) electrons. The van der Waals surface area contributed by atoms with Crippen LogP contribution in [0.2, 0.25) is 0 Å². The monoisotopic (exact) mass is 377 g/mol. The Labute approximate surface area is 155 Å². The fourth-order valence-corrected chi connectivity index (χ4v) is 3.39. The molecule has 0 unspecified atom stereocenters. The molecule has 27 heavy (non-hydrogen) atoms. The summed E-state index contributed by atoms with van der Waals surface area (Å²) in [6, 6.07) is 6.28. The van der Waals surface area contributed by atoms with E-state index in [9.17, 15) is 18.4 Å². The molecule has 1 aromatic heterocycles. The van der Waals surface area contributed by atoms with Gasteiger partial charge in [0.2, 0.25) is 5.91 Å². The van der Waals surface area contributed by atoms with Crippen LogP contribution in [0.15, 0.2) is 36.5 Å². The molecule has 2 heterocycles. The van der Waals surface area contributed by atoms with Crippen molar-refractivity contribution in [3.63, 3.8) is 0 Å². The van der Waals surface area contributed by atoms with Crippen LogP contribution in [0.1, 0.15) is 24.2 Å². The topological polar surface area (TPSA) is 54.8 Å². The van der Waals surface area contributed by atoms with Gasteiger partial charge in [0.05, 0.1) is 7.11 Å². The number of aromatic nitrogens is 1. The third-order valence-corrected chi connectivity index (χ3v) is 4.76. The van der Waals surface area contributed by atoms with Crippen LogP contribution in [0.5, 0.6) is 0 Å². The lowest BCUT2D eigenvalue weighted by atomic mass is 9.99. The van der Waals surface area contributed by atoms with Crippen LogP contribution < -0.4 is 0 Å². The lowest BCUT2D eigenvalue weighted by molar-refractivity contribution is -0.134. The third-order valence-electron chi connectivity index (χ3n) is 4.76. The summed E-state index contributed by atoms with van der Waals surface area (Å²) in [7, 11) is 1.25. The molecule has 2 amide bonds. The van der Waals surface area contributed by atoms with Crippen molar-refractivity contribution in [2.24, 2.45) is 0 Å². The van der Waals surface area contributed by atoms with Gasteiger partial charge in [-0.05, 0) is 25.1 Å². The van der Waals surface area contributed by atoms with Gasteiger partial charge in [-0.25, -0.2) is 13.6 Å². The maximum atomic E-state index is 14.5. The van der Waals surface area contributed by atoms with E-state index in [2.05, 4.69) is 4.74 Å². The number of fused-ring (bicyclic) bond motifs is 1. The minimum Gasteiger partial charge on any atom is -0.453 e. The van der Waals surface area contributed by atoms with Crippen LogP contribution in [0.4, 0.5) is 13.6 Å². The first-order valence-electron chi connectivity index (χ1n) is 8.68. The van der Waals surface area contributed by atoms with Gasteiger partial charge in [-0.15, -0.1) is 0 Å². The summed E-state index contributed by atoms with van der Waals surface area (Å²) < 4.78 is 34.5. The molecule has 0 aliphatic carbocycles. The number of hydrogen-bond donors (Lipinski definition) is 0. The maximum Gasteiger partial charge on any atom is 0.409 e. The zero-order valence-corrected chi connectivity index (χ0v) is 15.2. The average molecular weight is 377 g/mol. The van der Waals surface area contributed by atoms with E-state index in [4.69, 9.17) is 0 Å². The smallest absolute Gasteiger partial charge is 0.409 e. The van der Waals surface area contributed by atoms with Crippen LogP contribution in [0, 0.1) is 11.6 Å². The fraction of sp³-hybridized carbons (Fsp3) is 0.368. The van der Waals surface area contributed by atoms with Crippen molar-refractivity contribution in [3.8, 4) is 0 Å². The molecule has 2 aromatic rings. The Bertz CT molecular complexity index is 852. The Kier molecular flexibility index (Phi) is 5.43. The molecule has 0 N–H and O–H groups in total. The second kappa shape index (κ2) is 7.77. The van der Waals surface area contributed by atoms with Crippen LogP contribution in [0.25, 0.3) is 0 Å². The van der Waals surface area contributed by atoms with Crippen LogP contribution in [0.3, 0.4) is 0 Å². The highest BCUT2D eigenvalue weighted by atomic mass is 19.1. The lowest BCUT2D eigenvalue weighted by Gasteiger charge is -2.38. The van der Waals surface area contributed by atoms with E-state index in [1.807, 2.05) is 22.9 Å². The summed E-state index contributed by atoms with van der Waals surface area (Å²) in [5, 5.41) is 0. The van der Waals surface area contributed by atoms with Gasteiger partial charge in [-0.1, -0.05) is 6.07 Å². The molecule has 0 bridgehead atoms. The molecule has 1 aliphatic heterocycles. The van der Waals surface area contributed by atoms with Gasteiger partial charge in [-0.2, -0.15) is 0 Å². The quantitative estimate of drug-likeness (QED) is 0.823. The Hall–Kier alpha value is -2.90. The maximum absolute atomic E-state index is 14.5. The van der Waals surface area contributed by atoms with Crippen LogP contribution >= 0.6 is 0 Å². The number of amides is 2. The highest BCUT2D eigenvalue weighted by Crippen LogP contribution is 2.34. The van der Waals surface area contributed by atoms with E-state index in [1.54, 1.807) is 6.92 Å². The van der Waals surface area contributed by atoms with Gasteiger partial charge in [0.25, 0.3) is 0 Å². The minimum atomic E-state index is -0.715. The van der Waals surface area contributed by atoms with E-state index in [1.165, 1.54) is 29.0 Å². The predicted octanol–water partition coefficient (Wildman–Crippen LogP) is 2.79. The van der Waals surface area contributed by atoms with Crippen molar-refractivity contribution in [3.05, 3.63) is 59.4 Å². The molecule has 0 saturated carbocycles. The molecule has 0 saturated heterocycles. The normalized spacial score (nSPS) is 16.0. The Balaban J connectivity index is 1.96. The van der Waals surface area contributed by atoms with Gasteiger partial charge in [0.1, 0.15) is 24.2 Å². The summed E-state index contributed by atoms with van der Waals surface area (Å²) in [4.78, 5) is 27.5. The Morgan fingerprint density at radius 3 is 2.70 bits per heavy atom. The number of rotatable bonds is 4. The van der Waals surface area contributed by atoms with Crippen molar-refractivity contribution >= 4 is 12.0 Å². The minimum absolute atomic E-state index is 0.177. The first-order chi connectivity index (χ1) is 13.0. The average Bonchev–Trinajstić information content (AvgIpc) is 3.13. The van der Waals surface area contributed by atoms with E-state index in [-0.39, 0.29) is 18.0 Å². The number of nitrogens with zero attached hydrogens (tertiary/aromatic N) is 3. The van der Waals surface area contributed by atoms with Crippen molar-refractivity contribution < 1.29 is 23.1 Å². The summed E-state index contributed by atoms with van der Waals surface area (Å²) >= 11 is 0. The van der Waals surface area contributed by atoms with E-state index < -0.39 is 23.8 Å². The number of halogens is 2. The van der Waals surface area contributed by atoms with Crippen molar-refractivity contribution in [2.45, 2.75) is 19.5 Å². The van der Waals surface area contributed by atoms with Gasteiger partial charge < -0.3 is 14.2 Å². The van der Waals surface area contributed by atoms with Gasteiger partial charge in [0, 0.05) is 43.2 Å². The predicted molar refractivity (Wildman–Crippen MR) is 94.0 cm³/mol. The molecule has 6 nitrogen and oxygen atoms in total. The van der Waals surface area contributed by atoms with Crippen molar-refractivity contribution in [1.29, 1.82) is 0 Å². The molecular formula is C19H21F2N3O3. The number of ether oxygens (including phenoxy) is 1. The number of methoxy groups -OCH3 is 1. The summed E-state index contributed by atoms with van der Waals surface area (Å²) in [6.45, 7) is 2.77. The molecule has 144 valence electrons. The molecule has 1 aromatic carbocycles.